The molecule has 0 aliphatic rings. The maximum Gasteiger partial charge on any atom is 0.0991 e. The van der Waals surface area contributed by atoms with Crippen molar-refractivity contribution in [2.75, 3.05) is 6.54 Å². The zero-order valence-electron chi connectivity index (χ0n) is 11.8. The summed E-state index contributed by atoms with van der Waals surface area (Å²) in [5.74, 6) is 0. The van der Waals surface area contributed by atoms with E-state index in [9.17, 15) is 0 Å². The second-order valence-electron chi connectivity index (χ2n) is 5.15. The predicted octanol–water partition coefficient (Wildman–Crippen LogP) is 3.06. The van der Waals surface area contributed by atoms with Gasteiger partial charge in [0.1, 0.15) is 0 Å². The number of hydrogen-bond acceptors (Lipinski definition) is 2. The molecular weight excluding hydrogens is 258 g/mol. The molecule has 0 amide bonds. The van der Waals surface area contributed by atoms with E-state index in [1.165, 1.54) is 11.1 Å². The monoisotopic (exact) mass is 275 g/mol. The molecular formula is C18H17N3. The van der Waals surface area contributed by atoms with Gasteiger partial charge in [-0.15, -0.1) is 0 Å². The zero-order chi connectivity index (χ0) is 14.7. The smallest absolute Gasteiger partial charge is 0.0991 e. The van der Waals surface area contributed by atoms with Crippen LogP contribution in [0, 0.1) is 11.3 Å². The van der Waals surface area contributed by atoms with Crippen LogP contribution in [0.5, 0.6) is 0 Å². The molecule has 0 aliphatic carbocycles. The molecule has 1 aromatic heterocycles. The van der Waals surface area contributed by atoms with Gasteiger partial charge in [-0.3, -0.25) is 0 Å². The molecule has 3 heteroatoms. The lowest BCUT2D eigenvalue weighted by Gasteiger charge is -2.05. The highest BCUT2D eigenvalue weighted by Crippen LogP contribution is 2.24. The van der Waals surface area contributed by atoms with E-state index in [0.717, 1.165) is 23.9 Å². The highest BCUT2D eigenvalue weighted by molar-refractivity contribution is 5.85. The summed E-state index contributed by atoms with van der Waals surface area (Å²) in [4.78, 5) is 0. The third-order valence-electron chi connectivity index (χ3n) is 3.70. The van der Waals surface area contributed by atoms with Crippen LogP contribution >= 0.6 is 0 Å². The van der Waals surface area contributed by atoms with Crippen molar-refractivity contribution in [3.05, 3.63) is 71.4 Å². The Balaban J connectivity index is 2.08. The van der Waals surface area contributed by atoms with Crippen LogP contribution in [0.3, 0.4) is 0 Å². The van der Waals surface area contributed by atoms with Crippen molar-refractivity contribution in [2.24, 2.45) is 5.73 Å². The van der Waals surface area contributed by atoms with Crippen molar-refractivity contribution in [2.45, 2.75) is 13.0 Å². The summed E-state index contributed by atoms with van der Waals surface area (Å²) in [5, 5.41) is 10.2. The minimum atomic E-state index is 0.612. The molecule has 0 unspecified atom stereocenters. The molecule has 0 fully saturated rings. The lowest BCUT2D eigenvalue weighted by atomic mass is 10.1. The highest BCUT2D eigenvalue weighted by Gasteiger charge is 2.09. The normalized spacial score (nSPS) is 10.7. The topological polar surface area (TPSA) is 54.7 Å². The summed E-state index contributed by atoms with van der Waals surface area (Å²) in [5.41, 5.74) is 10.0. The van der Waals surface area contributed by atoms with Crippen LogP contribution in [-0.4, -0.2) is 11.1 Å². The van der Waals surface area contributed by atoms with Crippen LogP contribution in [-0.2, 0) is 13.0 Å². The van der Waals surface area contributed by atoms with Crippen LogP contribution in [0.25, 0.3) is 10.9 Å². The van der Waals surface area contributed by atoms with Crippen molar-refractivity contribution >= 4 is 10.9 Å². The van der Waals surface area contributed by atoms with E-state index in [1.54, 1.807) is 0 Å². The average Bonchev–Trinajstić information content (AvgIpc) is 2.86. The standard InChI is InChI=1S/C18H17N3/c19-9-8-16-13-21(12-14-4-2-1-3-5-14)18-7-6-15(11-20)10-17(16)18/h1-7,10,13H,8-9,12,19H2. The largest absolute Gasteiger partial charge is 0.343 e. The summed E-state index contributed by atoms with van der Waals surface area (Å²) in [6, 6.07) is 18.4. The molecule has 0 saturated heterocycles. The average molecular weight is 275 g/mol. The molecule has 104 valence electrons. The molecule has 2 N–H and O–H groups in total. The molecule has 3 aromatic rings. The van der Waals surface area contributed by atoms with Gasteiger partial charge in [0.15, 0.2) is 0 Å². The number of aromatic nitrogens is 1. The first-order chi connectivity index (χ1) is 10.3. The Morgan fingerprint density at radius 2 is 1.90 bits per heavy atom. The fourth-order valence-corrected chi connectivity index (χ4v) is 2.71. The fourth-order valence-electron chi connectivity index (χ4n) is 2.71. The van der Waals surface area contributed by atoms with E-state index in [1.807, 2.05) is 24.3 Å². The van der Waals surface area contributed by atoms with Gasteiger partial charge in [0, 0.05) is 23.6 Å². The Morgan fingerprint density at radius 3 is 2.62 bits per heavy atom. The van der Waals surface area contributed by atoms with Crippen LogP contribution in [0.15, 0.2) is 54.7 Å². The molecule has 0 aliphatic heterocycles. The van der Waals surface area contributed by atoms with Gasteiger partial charge in [0.05, 0.1) is 11.6 Å². The number of rotatable bonds is 4. The van der Waals surface area contributed by atoms with E-state index in [4.69, 9.17) is 11.0 Å². The maximum atomic E-state index is 9.08. The van der Waals surface area contributed by atoms with Crippen molar-refractivity contribution in [1.29, 1.82) is 5.26 Å². The predicted molar refractivity (Wildman–Crippen MR) is 85.0 cm³/mol. The van der Waals surface area contributed by atoms with Crippen LogP contribution in [0.4, 0.5) is 0 Å². The van der Waals surface area contributed by atoms with Gasteiger partial charge < -0.3 is 10.3 Å². The van der Waals surface area contributed by atoms with Gasteiger partial charge in [-0.1, -0.05) is 30.3 Å². The summed E-state index contributed by atoms with van der Waals surface area (Å²) >= 11 is 0. The molecule has 2 aromatic carbocycles. The Morgan fingerprint density at radius 1 is 1.10 bits per heavy atom. The van der Waals surface area contributed by atoms with Gasteiger partial charge in [0.25, 0.3) is 0 Å². The van der Waals surface area contributed by atoms with E-state index in [2.05, 4.69) is 41.1 Å². The third-order valence-corrected chi connectivity index (χ3v) is 3.70. The highest BCUT2D eigenvalue weighted by atomic mass is 15.0. The second-order valence-corrected chi connectivity index (χ2v) is 5.15. The number of nitriles is 1. The number of nitrogens with zero attached hydrogens (tertiary/aromatic N) is 2. The van der Waals surface area contributed by atoms with E-state index in [0.29, 0.717) is 12.1 Å². The van der Waals surface area contributed by atoms with E-state index >= 15 is 0 Å². The molecule has 0 saturated carbocycles. The van der Waals surface area contributed by atoms with Gasteiger partial charge in [-0.05, 0) is 42.3 Å². The lowest BCUT2D eigenvalue weighted by molar-refractivity contribution is 0.827. The van der Waals surface area contributed by atoms with Crippen LogP contribution < -0.4 is 5.73 Å². The Hall–Kier alpha value is -2.57. The van der Waals surface area contributed by atoms with E-state index in [-0.39, 0.29) is 0 Å². The first kappa shape index (κ1) is 13.4. The maximum absolute atomic E-state index is 9.08. The second kappa shape index (κ2) is 5.82. The fraction of sp³-hybridized carbons (Fsp3) is 0.167. The van der Waals surface area contributed by atoms with Crippen molar-refractivity contribution in [3.63, 3.8) is 0 Å². The summed E-state index contributed by atoms with van der Waals surface area (Å²) < 4.78 is 2.23. The molecule has 1 heterocycles. The van der Waals surface area contributed by atoms with Gasteiger partial charge in [-0.25, -0.2) is 0 Å². The zero-order valence-corrected chi connectivity index (χ0v) is 11.8. The number of nitrogens with two attached hydrogens (primary N) is 1. The quantitative estimate of drug-likeness (QED) is 0.795. The summed E-state index contributed by atoms with van der Waals surface area (Å²) in [7, 11) is 0. The lowest BCUT2D eigenvalue weighted by Crippen LogP contribution is -2.02. The molecule has 0 bridgehead atoms. The van der Waals surface area contributed by atoms with Gasteiger partial charge in [-0.2, -0.15) is 5.26 Å². The molecule has 3 rings (SSSR count). The minimum Gasteiger partial charge on any atom is -0.343 e. The van der Waals surface area contributed by atoms with Crippen molar-refractivity contribution < 1.29 is 0 Å². The number of hydrogen-bond donors (Lipinski definition) is 1. The molecule has 0 atom stereocenters. The SMILES string of the molecule is N#Cc1ccc2c(c1)c(CCN)cn2Cc1ccccc1. The molecule has 21 heavy (non-hydrogen) atoms. The third kappa shape index (κ3) is 2.67. The summed E-state index contributed by atoms with van der Waals surface area (Å²) in [6.07, 6.45) is 2.98. The molecule has 0 radical (unpaired) electrons. The Kier molecular flexibility index (Phi) is 3.72. The van der Waals surface area contributed by atoms with Crippen LogP contribution in [0.1, 0.15) is 16.7 Å². The number of fused-ring (bicyclic) bond motifs is 1. The van der Waals surface area contributed by atoms with Crippen LogP contribution in [0.2, 0.25) is 0 Å². The van der Waals surface area contributed by atoms with Gasteiger partial charge >= 0.3 is 0 Å². The first-order valence-corrected chi connectivity index (χ1v) is 7.07. The van der Waals surface area contributed by atoms with Gasteiger partial charge in [0.2, 0.25) is 0 Å². The molecule has 0 spiro atoms. The Bertz CT molecular complexity index is 794. The molecule has 3 nitrogen and oxygen atoms in total. The Labute approximate surface area is 124 Å². The number of benzene rings is 2. The summed E-state index contributed by atoms with van der Waals surface area (Å²) in [6.45, 7) is 1.44. The minimum absolute atomic E-state index is 0.612. The van der Waals surface area contributed by atoms with E-state index < -0.39 is 0 Å². The first-order valence-electron chi connectivity index (χ1n) is 7.07. The van der Waals surface area contributed by atoms with Crippen molar-refractivity contribution in [3.8, 4) is 6.07 Å². The van der Waals surface area contributed by atoms with Crippen molar-refractivity contribution in [1.82, 2.24) is 4.57 Å².